The zero-order valence-corrected chi connectivity index (χ0v) is 19.4. The van der Waals surface area contributed by atoms with Gasteiger partial charge in [0.05, 0.1) is 6.10 Å². The molecule has 7 atom stereocenters. The van der Waals surface area contributed by atoms with Crippen LogP contribution in [0.25, 0.3) is 0 Å². The number of methoxy groups -OCH3 is 1. The molecule has 28 heavy (non-hydrogen) atoms. The highest BCUT2D eigenvalue weighted by Gasteiger charge is 2.58. The SMILES string of the molecule is CO[C@H]1CC[C@@]2(C)C(=CC[C@@H]3C2CC[C@@]2(C)C3CC[C@@H]2CCCCC(C)C)C1. The van der Waals surface area contributed by atoms with Crippen LogP contribution >= 0.6 is 0 Å². The van der Waals surface area contributed by atoms with E-state index in [2.05, 4.69) is 33.8 Å². The summed E-state index contributed by atoms with van der Waals surface area (Å²) >= 11 is 0. The second kappa shape index (κ2) is 8.09. The molecule has 4 rings (SSSR count). The molecule has 0 aromatic heterocycles. The number of hydrogen-bond donors (Lipinski definition) is 0. The molecule has 0 spiro atoms. The second-order valence-electron chi connectivity index (χ2n) is 11.9. The summed E-state index contributed by atoms with van der Waals surface area (Å²) in [7, 11) is 1.91. The monoisotopic (exact) mass is 386 g/mol. The molecule has 4 aliphatic rings. The average Bonchev–Trinajstić information content (AvgIpc) is 3.01. The summed E-state index contributed by atoms with van der Waals surface area (Å²) < 4.78 is 5.74. The van der Waals surface area contributed by atoms with Crippen LogP contribution in [0.5, 0.6) is 0 Å². The van der Waals surface area contributed by atoms with Gasteiger partial charge in [0, 0.05) is 7.11 Å². The van der Waals surface area contributed by atoms with E-state index in [1.54, 1.807) is 5.57 Å². The molecule has 0 saturated heterocycles. The van der Waals surface area contributed by atoms with Gasteiger partial charge >= 0.3 is 0 Å². The molecule has 0 heterocycles. The van der Waals surface area contributed by atoms with E-state index in [1.165, 1.54) is 77.0 Å². The zero-order chi connectivity index (χ0) is 19.9. The minimum Gasteiger partial charge on any atom is -0.381 e. The van der Waals surface area contributed by atoms with Crippen molar-refractivity contribution in [1.82, 2.24) is 0 Å². The number of hydrogen-bond acceptors (Lipinski definition) is 1. The molecular weight excluding hydrogens is 340 g/mol. The van der Waals surface area contributed by atoms with E-state index in [0.29, 0.717) is 16.9 Å². The Balaban J connectivity index is 1.45. The fraction of sp³-hybridized carbons (Fsp3) is 0.926. The lowest BCUT2D eigenvalue weighted by molar-refractivity contribution is -0.0542. The van der Waals surface area contributed by atoms with Crippen molar-refractivity contribution in [3.8, 4) is 0 Å². The summed E-state index contributed by atoms with van der Waals surface area (Å²) in [6, 6.07) is 0. The predicted molar refractivity (Wildman–Crippen MR) is 119 cm³/mol. The topological polar surface area (TPSA) is 9.23 Å². The number of unbranched alkanes of at least 4 members (excludes halogenated alkanes) is 1. The molecule has 0 radical (unpaired) electrons. The molecule has 0 aliphatic heterocycles. The van der Waals surface area contributed by atoms with E-state index in [4.69, 9.17) is 4.74 Å². The van der Waals surface area contributed by atoms with Gasteiger partial charge in [-0.25, -0.2) is 0 Å². The van der Waals surface area contributed by atoms with E-state index >= 15 is 0 Å². The van der Waals surface area contributed by atoms with Gasteiger partial charge in [0.2, 0.25) is 0 Å². The highest BCUT2D eigenvalue weighted by Crippen LogP contribution is 2.66. The molecule has 160 valence electrons. The van der Waals surface area contributed by atoms with Crippen LogP contribution in [0.3, 0.4) is 0 Å². The molecule has 2 unspecified atom stereocenters. The quantitative estimate of drug-likeness (QED) is 0.334. The molecular formula is C27H46O. The molecule has 4 aliphatic carbocycles. The number of allylic oxidation sites excluding steroid dienone is 1. The maximum atomic E-state index is 5.74. The van der Waals surface area contributed by atoms with Crippen molar-refractivity contribution in [3.05, 3.63) is 11.6 Å². The summed E-state index contributed by atoms with van der Waals surface area (Å²) in [6.07, 6.45) is 20.3. The minimum absolute atomic E-state index is 0.478. The molecule has 0 aromatic carbocycles. The third-order valence-corrected chi connectivity index (χ3v) is 10.2. The molecule has 0 amide bonds. The average molecular weight is 387 g/mol. The molecule has 0 aromatic rings. The van der Waals surface area contributed by atoms with Gasteiger partial charge in [-0.1, -0.05) is 58.6 Å². The summed E-state index contributed by atoms with van der Waals surface area (Å²) in [5.74, 6) is 4.79. The van der Waals surface area contributed by atoms with Gasteiger partial charge in [-0.05, 0) is 98.2 Å². The molecule has 0 N–H and O–H groups in total. The van der Waals surface area contributed by atoms with Crippen molar-refractivity contribution in [2.24, 2.45) is 40.4 Å². The Labute approximate surface area is 175 Å². The first-order valence-electron chi connectivity index (χ1n) is 12.6. The van der Waals surface area contributed by atoms with Crippen molar-refractivity contribution in [2.75, 3.05) is 7.11 Å². The third-order valence-electron chi connectivity index (χ3n) is 10.2. The summed E-state index contributed by atoms with van der Waals surface area (Å²) in [4.78, 5) is 0. The van der Waals surface area contributed by atoms with Gasteiger partial charge in [0.15, 0.2) is 0 Å². The smallest absolute Gasteiger partial charge is 0.0608 e. The van der Waals surface area contributed by atoms with Gasteiger partial charge in [-0.15, -0.1) is 0 Å². The Morgan fingerprint density at radius 2 is 1.86 bits per heavy atom. The fourth-order valence-corrected chi connectivity index (χ4v) is 8.36. The van der Waals surface area contributed by atoms with Crippen molar-refractivity contribution in [1.29, 1.82) is 0 Å². The van der Waals surface area contributed by atoms with Gasteiger partial charge in [-0.2, -0.15) is 0 Å². The molecule has 0 bridgehead atoms. The van der Waals surface area contributed by atoms with Crippen LogP contribution in [0.2, 0.25) is 0 Å². The van der Waals surface area contributed by atoms with E-state index in [1.807, 2.05) is 7.11 Å². The minimum atomic E-state index is 0.478. The van der Waals surface area contributed by atoms with Gasteiger partial charge in [0.25, 0.3) is 0 Å². The highest BCUT2D eigenvalue weighted by atomic mass is 16.5. The first-order valence-corrected chi connectivity index (χ1v) is 12.6. The maximum absolute atomic E-state index is 5.74. The molecule has 1 heteroatoms. The van der Waals surface area contributed by atoms with Crippen LogP contribution in [-0.2, 0) is 4.74 Å². The van der Waals surface area contributed by atoms with Crippen molar-refractivity contribution >= 4 is 0 Å². The normalized spacial score (nSPS) is 45.4. The van der Waals surface area contributed by atoms with Crippen LogP contribution in [0.15, 0.2) is 11.6 Å². The van der Waals surface area contributed by atoms with Crippen LogP contribution in [0.1, 0.15) is 105 Å². The van der Waals surface area contributed by atoms with Gasteiger partial charge in [0.1, 0.15) is 0 Å². The first-order chi connectivity index (χ1) is 13.4. The standard InChI is InChI=1S/C27H46O/c1-19(2)8-6-7-9-20-11-13-24-23-12-10-21-18-22(28-5)14-16-27(21,4)25(23)15-17-26(20,24)3/h10,19-20,22-25H,6-9,11-18H2,1-5H3/t20-,22-,23-,24?,25?,26+,27-/m0/s1. The lowest BCUT2D eigenvalue weighted by Gasteiger charge is -2.58. The Morgan fingerprint density at radius 3 is 2.61 bits per heavy atom. The van der Waals surface area contributed by atoms with E-state index in [-0.39, 0.29) is 0 Å². The lowest BCUT2D eigenvalue weighted by atomic mass is 9.47. The number of rotatable bonds is 6. The predicted octanol–water partition coefficient (Wildman–Crippen LogP) is 7.80. The van der Waals surface area contributed by atoms with Crippen LogP contribution in [0, 0.1) is 40.4 Å². The Bertz CT molecular complexity index is 577. The van der Waals surface area contributed by atoms with Crippen molar-refractivity contribution in [2.45, 2.75) is 111 Å². The second-order valence-corrected chi connectivity index (χ2v) is 11.9. The summed E-state index contributed by atoms with van der Waals surface area (Å²) in [6.45, 7) is 10.1. The fourth-order valence-electron chi connectivity index (χ4n) is 8.36. The summed E-state index contributed by atoms with van der Waals surface area (Å²) in [5.41, 5.74) is 2.89. The number of fused-ring (bicyclic) bond motifs is 5. The van der Waals surface area contributed by atoms with Crippen molar-refractivity contribution < 1.29 is 4.74 Å². The molecule has 3 saturated carbocycles. The Morgan fingerprint density at radius 1 is 1.04 bits per heavy atom. The lowest BCUT2D eigenvalue weighted by Crippen LogP contribution is -2.50. The largest absolute Gasteiger partial charge is 0.381 e. The van der Waals surface area contributed by atoms with E-state index in [9.17, 15) is 0 Å². The summed E-state index contributed by atoms with van der Waals surface area (Å²) in [5, 5.41) is 0. The van der Waals surface area contributed by atoms with Crippen LogP contribution < -0.4 is 0 Å². The van der Waals surface area contributed by atoms with Crippen LogP contribution in [-0.4, -0.2) is 13.2 Å². The molecule has 3 fully saturated rings. The Hall–Kier alpha value is -0.300. The first kappa shape index (κ1) is 21.0. The van der Waals surface area contributed by atoms with Crippen LogP contribution in [0.4, 0.5) is 0 Å². The Kier molecular flexibility index (Phi) is 6.05. The van der Waals surface area contributed by atoms with E-state index < -0.39 is 0 Å². The van der Waals surface area contributed by atoms with Crippen molar-refractivity contribution in [3.63, 3.8) is 0 Å². The zero-order valence-electron chi connectivity index (χ0n) is 19.4. The number of ether oxygens (including phenoxy) is 1. The molecule has 1 nitrogen and oxygen atoms in total. The van der Waals surface area contributed by atoms with Gasteiger partial charge in [-0.3, -0.25) is 0 Å². The van der Waals surface area contributed by atoms with Gasteiger partial charge < -0.3 is 4.74 Å². The van der Waals surface area contributed by atoms with E-state index in [0.717, 1.165) is 29.6 Å². The maximum Gasteiger partial charge on any atom is 0.0608 e. The highest BCUT2D eigenvalue weighted by molar-refractivity contribution is 5.25. The third kappa shape index (κ3) is 3.52.